The van der Waals surface area contributed by atoms with Crippen molar-refractivity contribution >= 4 is 33.9 Å². The molecule has 0 aliphatic carbocycles. The monoisotopic (exact) mass is 568 g/mol. The molecule has 7 heteroatoms. The number of hydrogen-bond acceptors (Lipinski definition) is 7. The van der Waals surface area contributed by atoms with Gasteiger partial charge in [0.05, 0.1) is 28.8 Å². The fourth-order valence-electron chi connectivity index (χ4n) is 4.82. The lowest BCUT2D eigenvalue weighted by molar-refractivity contribution is 0.00706. The number of benzene rings is 3. The van der Waals surface area contributed by atoms with E-state index in [9.17, 15) is 14.7 Å². The minimum Gasteiger partial charge on any atom is -0.515 e. The Hall–Kier alpha value is -4.52. The molecule has 7 nitrogen and oxygen atoms in total. The number of esters is 1. The number of para-hydroxylation sites is 2. The quantitative estimate of drug-likeness (QED) is 0.152. The third-order valence-electron chi connectivity index (χ3n) is 6.51. The molecule has 0 spiro atoms. The molecule has 0 fully saturated rings. The van der Waals surface area contributed by atoms with Gasteiger partial charge in [-0.1, -0.05) is 36.4 Å². The van der Waals surface area contributed by atoms with Gasteiger partial charge >= 0.3 is 5.97 Å². The lowest BCUT2D eigenvalue weighted by atomic mass is 9.98. The molecule has 1 unspecified atom stereocenters. The zero-order valence-electron chi connectivity index (χ0n) is 25.6. The summed E-state index contributed by atoms with van der Waals surface area (Å²) in [5, 5.41) is 17.7. The maximum absolute atomic E-state index is 13.5. The van der Waals surface area contributed by atoms with Crippen LogP contribution in [-0.2, 0) is 4.74 Å². The molecule has 1 heterocycles. The van der Waals surface area contributed by atoms with E-state index < -0.39 is 11.6 Å². The van der Waals surface area contributed by atoms with E-state index in [1.807, 2.05) is 97.9 Å². The second-order valence-corrected chi connectivity index (χ2v) is 12.6. The molecule has 0 radical (unpaired) electrons. The summed E-state index contributed by atoms with van der Waals surface area (Å²) in [6.07, 6.45) is 0.972. The maximum atomic E-state index is 13.5. The van der Waals surface area contributed by atoms with Gasteiger partial charge in [-0.2, -0.15) is 0 Å². The van der Waals surface area contributed by atoms with Crippen LogP contribution in [0.25, 0.3) is 16.5 Å². The van der Waals surface area contributed by atoms with Gasteiger partial charge < -0.3 is 24.9 Å². The minimum absolute atomic E-state index is 0.224. The first-order valence-corrected chi connectivity index (χ1v) is 14.1. The molecule has 4 aromatic rings. The molecular weight excluding hydrogens is 528 g/mol. The van der Waals surface area contributed by atoms with Crippen LogP contribution in [0.3, 0.4) is 0 Å². The van der Waals surface area contributed by atoms with Crippen LogP contribution in [0.15, 0.2) is 82.2 Å². The molecule has 0 amide bonds. The van der Waals surface area contributed by atoms with Gasteiger partial charge in [-0.15, -0.1) is 0 Å². The Balaban J connectivity index is 1.81. The van der Waals surface area contributed by atoms with Gasteiger partial charge in [0, 0.05) is 34.1 Å². The molecular formula is C35H40N2O5. The third-order valence-corrected chi connectivity index (χ3v) is 6.51. The molecule has 0 saturated heterocycles. The third kappa shape index (κ3) is 7.03. The predicted octanol–water partition coefficient (Wildman–Crippen LogP) is 8.39. The van der Waals surface area contributed by atoms with E-state index in [0.29, 0.717) is 33.4 Å². The maximum Gasteiger partial charge on any atom is 0.340 e. The van der Waals surface area contributed by atoms with Crippen molar-refractivity contribution in [3.05, 3.63) is 111 Å². The lowest BCUT2D eigenvalue weighted by Crippen LogP contribution is -2.26. The Kier molecular flexibility index (Phi) is 8.53. The summed E-state index contributed by atoms with van der Waals surface area (Å²) in [5.74, 6) is -0.189. The van der Waals surface area contributed by atoms with Crippen molar-refractivity contribution in [1.29, 1.82) is 0 Å². The number of aryl methyl sites for hydroxylation is 1. The SMILES string of the molecule is Cc1cc(C(C)Nc2ccccc2C(=O)OC(C)(C)C)c2oc(/C(=C/O)c3ccccc3NC(C)(C)C)cc(=O)c2c1. The number of anilines is 2. The standard InChI is InChI=1S/C35H40N2O5/c1-21-17-25(22(2)36-28-15-11-10-14-24(28)33(40)42-35(6,7)8)32-26(18-21)30(39)19-31(41-32)27(20-38)23-13-9-12-16-29(23)37-34(3,4)5/h9-20,22,36-38H,1-8H3/b27-20+. The van der Waals surface area contributed by atoms with Crippen LogP contribution >= 0.6 is 0 Å². The van der Waals surface area contributed by atoms with E-state index in [4.69, 9.17) is 9.15 Å². The first-order valence-electron chi connectivity index (χ1n) is 14.1. The van der Waals surface area contributed by atoms with E-state index in [0.717, 1.165) is 23.1 Å². The molecule has 0 aliphatic heterocycles. The fourth-order valence-corrected chi connectivity index (χ4v) is 4.82. The second kappa shape index (κ2) is 11.8. The van der Waals surface area contributed by atoms with E-state index in [-0.39, 0.29) is 22.8 Å². The summed E-state index contributed by atoms with van der Waals surface area (Å²) in [6.45, 7) is 15.5. The zero-order chi connectivity index (χ0) is 30.8. The number of carbonyl (C=O) groups excluding carboxylic acids is 1. The number of carbonyl (C=O) groups is 1. The van der Waals surface area contributed by atoms with Crippen molar-refractivity contribution in [3.63, 3.8) is 0 Å². The summed E-state index contributed by atoms with van der Waals surface area (Å²) in [6, 6.07) is 19.6. The lowest BCUT2D eigenvalue weighted by Gasteiger charge is -2.25. The van der Waals surface area contributed by atoms with Gasteiger partial charge in [-0.3, -0.25) is 4.79 Å². The number of aliphatic hydroxyl groups is 1. The molecule has 3 N–H and O–H groups in total. The summed E-state index contributed by atoms with van der Waals surface area (Å²) in [4.78, 5) is 26.4. The average molecular weight is 569 g/mol. The van der Waals surface area contributed by atoms with Crippen LogP contribution in [0.5, 0.6) is 0 Å². The van der Waals surface area contributed by atoms with Gasteiger partial charge in [-0.25, -0.2) is 4.79 Å². The topological polar surface area (TPSA) is 101 Å². The second-order valence-electron chi connectivity index (χ2n) is 12.6. The number of nitrogens with one attached hydrogen (secondary N) is 2. The summed E-state index contributed by atoms with van der Waals surface area (Å²) in [7, 11) is 0. The van der Waals surface area contributed by atoms with Gasteiger partial charge in [0.15, 0.2) is 5.43 Å². The molecule has 42 heavy (non-hydrogen) atoms. The Morgan fingerprint density at radius 3 is 2.17 bits per heavy atom. The molecule has 0 saturated carbocycles. The van der Waals surface area contributed by atoms with Crippen molar-refractivity contribution in [3.8, 4) is 0 Å². The molecule has 4 rings (SSSR count). The highest BCUT2D eigenvalue weighted by Crippen LogP contribution is 2.34. The zero-order valence-corrected chi connectivity index (χ0v) is 25.6. The molecule has 220 valence electrons. The van der Waals surface area contributed by atoms with Crippen LogP contribution in [0.1, 0.15) is 87.3 Å². The van der Waals surface area contributed by atoms with E-state index in [2.05, 4.69) is 10.6 Å². The van der Waals surface area contributed by atoms with Crippen LogP contribution in [0, 0.1) is 6.92 Å². The first-order chi connectivity index (χ1) is 19.7. The van der Waals surface area contributed by atoms with Crippen molar-refractivity contribution in [2.24, 2.45) is 0 Å². The number of rotatable bonds is 7. The number of aliphatic hydroxyl groups excluding tert-OH is 1. The molecule has 0 aliphatic rings. The highest BCUT2D eigenvalue weighted by atomic mass is 16.6. The van der Waals surface area contributed by atoms with Gasteiger partial charge in [0.25, 0.3) is 0 Å². The minimum atomic E-state index is -0.638. The number of hydrogen-bond donors (Lipinski definition) is 3. The van der Waals surface area contributed by atoms with Gasteiger partial charge in [-0.05, 0) is 85.2 Å². The summed E-state index contributed by atoms with van der Waals surface area (Å²) < 4.78 is 12.1. The Labute approximate surface area is 247 Å². The van der Waals surface area contributed by atoms with E-state index >= 15 is 0 Å². The van der Waals surface area contributed by atoms with Crippen molar-refractivity contribution in [1.82, 2.24) is 0 Å². The van der Waals surface area contributed by atoms with Crippen molar-refractivity contribution in [2.45, 2.75) is 72.6 Å². The van der Waals surface area contributed by atoms with Gasteiger partial charge in [0.1, 0.15) is 16.9 Å². The van der Waals surface area contributed by atoms with Crippen molar-refractivity contribution in [2.75, 3.05) is 10.6 Å². The van der Waals surface area contributed by atoms with Crippen LogP contribution in [0.2, 0.25) is 0 Å². The van der Waals surface area contributed by atoms with Gasteiger partial charge in [0.2, 0.25) is 0 Å². The molecule has 3 aromatic carbocycles. The van der Waals surface area contributed by atoms with Crippen LogP contribution in [-0.4, -0.2) is 22.2 Å². The number of fused-ring (bicyclic) bond motifs is 1. The Bertz CT molecular complexity index is 1700. The predicted molar refractivity (Wildman–Crippen MR) is 170 cm³/mol. The largest absolute Gasteiger partial charge is 0.515 e. The van der Waals surface area contributed by atoms with E-state index in [1.54, 1.807) is 18.2 Å². The normalized spacial score (nSPS) is 13.1. The molecule has 0 bridgehead atoms. The molecule has 1 aromatic heterocycles. The van der Waals surface area contributed by atoms with Crippen molar-refractivity contribution < 1.29 is 19.1 Å². The highest BCUT2D eigenvalue weighted by molar-refractivity contribution is 5.96. The Morgan fingerprint density at radius 2 is 1.55 bits per heavy atom. The highest BCUT2D eigenvalue weighted by Gasteiger charge is 2.23. The first kappa shape index (κ1) is 30.4. The summed E-state index contributed by atoms with van der Waals surface area (Å²) in [5.41, 5.74) is 3.82. The fraction of sp³-hybridized carbons (Fsp3) is 0.314. The van der Waals surface area contributed by atoms with Crippen LogP contribution in [0.4, 0.5) is 11.4 Å². The average Bonchev–Trinajstić information content (AvgIpc) is 2.88. The Morgan fingerprint density at radius 1 is 0.929 bits per heavy atom. The number of ether oxygens (including phenoxy) is 1. The van der Waals surface area contributed by atoms with E-state index in [1.165, 1.54) is 6.07 Å². The molecule has 1 atom stereocenters. The smallest absolute Gasteiger partial charge is 0.340 e. The van der Waals surface area contributed by atoms with Crippen LogP contribution < -0.4 is 16.1 Å². The summed E-state index contributed by atoms with van der Waals surface area (Å²) >= 11 is 0.